The summed E-state index contributed by atoms with van der Waals surface area (Å²) in [6.07, 6.45) is 4.44. The van der Waals surface area contributed by atoms with E-state index < -0.39 is 10.0 Å². The number of carbonyl (C=O) groups is 1. The summed E-state index contributed by atoms with van der Waals surface area (Å²) in [7, 11) is -1.69. The molecular formula is C18H23N3O4S. The van der Waals surface area contributed by atoms with Gasteiger partial charge >= 0.3 is 6.01 Å². The van der Waals surface area contributed by atoms with E-state index in [4.69, 9.17) is 4.42 Å². The van der Waals surface area contributed by atoms with Crippen LogP contribution in [0.3, 0.4) is 0 Å². The fraction of sp³-hybridized carbons (Fsp3) is 0.444. The highest BCUT2D eigenvalue weighted by molar-refractivity contribution is 7.89. The lowest BCUT2D eigenvalue weighted by atomic mass is 10.1. The second kappa shape index (κ2) is 7.20. The van der Waals surface area contributed by atoms with Crippen molar-refractivity contribution < 1.29 is 17.6 Å². The average molecular weight is 377 g/mol. The fourth-order valence-corrected chi connectivity index (χ4v) is 4.92. The minimum absolute atomic E-state index is 0.0198. The fourth-order valence-electron chi connectivity index (χ4n) is 3.09. The van der Waals surface area contributed by atoms with Crippen LogP contribution in [0.2, 0.25) is 0 Å². The minimum atomic E-state index is -3.28. The van der Waals surface area contributed by atoms with Gasteiger partial charge in [-0.1, -0.05) is 12.1 Å². The highest BCUT2D eigenvalue weighted by atomic mass is 32.2. The third kappa shape index (κ3) is 3.52. The molecule has 2 aromatic rings. The summed E-state index contributed by atoms with van der Waals surface area (Å²) >= 11 is 0. The Bertz CT molecular complexity index is 862. The highest BCUT2D eigenvalue weighted by Gasteiger charge is 2.36. The first-order valence-electron chi connectivity index (χ1n) is 8.58. The number of rotatable bonds is 4. The van der Waals surface area contributed by atoms with Gasteiger partial charge in [-0.2, -0.15) is 4.31 Å². The van der Waals surface area contributed by atoms with Crippen molar-refractivity contribution >= 4 is 21.9 Å². The van der Waals surface area contributed by atoms with Gasteiger partial charge in [-0.15, -0.1) is 0 Å². The average Bonchev–Trinajstić information content (AvgIpc) is 3.16. The van der Waals surface area contributed by atoms with Gasteiger partial charge in [0.05, 0.1) is 11.4 Å². The third-order valence-corrected chi connectivity index (χ3v) is 7.26. The summed E-state index contributed by atoms with van der Waals surface area (Å²) in [5, 5.41) is -0.353. The number of amides is 1. The highest BCUT2D eigenvalue weighted by Crippen LogP contribution is 2.28. The molecule has 1 amide bonds. The molecule has 0 saturated carbocycles. The van der Waals surface area contributed by atoms with Crippen LogP contribution in [-0.4, -0.2) is 42.0 Å². The molecular weight excluding hydrogens is 354 g/mol. The van der Waals surface area contributed by atoms with Crippen molar-refractivity contribution in [2.45, 2.75) is 44.5 Å². The maximum Gasteiger partial charge on any atom is 0.303 e. The van der Waals surface area contributed by atoms with Crippen LogP contribution in [0.15, 0.2) is 41.1 Å². The van der Waals surface area contributed by atoms with E-state index in [1.54, 1.807) is 42.5 Å². The van der Waals surface area contributed by atoms with Crippen molar-refractivity contribution in [2.75, 3.05) is 11.9 Å². The van der Waals surface area contributed by atoms with Crippen molar-refractivity contribution in [3.8, 4) is 0 Å². The van der Waals surface area contributed by atoms with Crippen LogP contribution < -0.4 is 4.90 Å². The van der Waals surface area contributed by atoms with Crippen LogP contribution >= 0.6 is 0 Å². The van der Waals surface area contributed by atoms with Crippen LogP contribution in [0.5, 0.6) is 0 Å². The van der Waals surface area contributed by atoms with Gasteiger partial charge in [-0.25, -0.2) is 13.4 Å². The van der Waals surface area contributed by atoms with Crippen LogP contribution in [0.4, 0.5) is 6.01 Å². The van der Waals surface area contributed by atoms with Gasteiger partial charge < -0.3 is 4.42 Å². The maximum absolute atomic E-state index is 12.6. The molecule has 1 aromatic heterocycles. The number of benzene rings is 1. The van der Waals surface area contributed by atoms with Crippen molar-refractivity contribution in [2.24, 2.45) is 0 Å². The zero-order valence-electron chi connectivity index (χ0n) is 15.1. The molecule has 0 radical (unpaired) electrons. The summed E-state index contributed by atoms with van der Waals surface area (Å²) < 4.78 is 31.8. The molecule has 8 heteroatoms. The molecule has 1 unspecified atom stereocenters. The molecule has 2 atom stereocenters. The zero-order chi connectivity index (χ0) is 18.9. The number of hydrogen-bond acceptors (Lipinski definition) is 5. The predicted octanol–water partition coefficient (Wildman–Crippen LogP) is 2.65. The Morgan fingerprint density at radius 1 is 1.27 bits per heavy atom. The van der Waals surface area contributed by atoms with E-state index in [0.717, 1.165) is 12.0 Å². The van der Waals surface area contributed by atoms with Gasteiger partial charge in [-0.05, 0) is 44.4 Å². The Morgan fingerprint density at radius 2 is 1.96 bits per heavy atom. The first-order chi connectivity index (χ1) is 12.3. The normalized spacial score (nSPS) is 22.9. The minimum Gasteiger partial charge on any atom is -0.432 e. The number of sulfonamides is 1. The topological polar surface area (TPSA) is 83.7 Å². The molecule has 1 aliphatic heterocycles. The van der Waals surface area contributed by atoms with Crippen molar-refractivity contribution in [1.82, 2.24) is 9.29 Å². The molecule has 3 rings (SSSR count). The van der Waals surface area contributed by atoms with E-state index in [1.165, 1.54) is 17.4 Å². The summed E-state index contributed by atoms with van der Waals surface area (Å²) in [5.74, 6) is -0.244. The lowest BCUT2D eigenvalue weighted by molar-refractivity contribution is 0.0988. The molecule has 1 aromatic carbocycles. The zero-order valence-corrected chi connectivity index (χ0v) is 15.9. The molecule has 140 valence electrons. The lowest BCUT2D eigenvalue weighted by Crippen LogP contribution is -2.47. The van der Waals surface area contributed by atoms with Crippen LogP contribution in [0.1, 0.15) is 42.6 Å². The molecule has 0 bridgehead atoms. The van der Waals surface area contributed by atoms with Crippen molar-refractivity contribution in [1.29, 1.82) is 0 Å². The Labute approximate surface area is 153 Å². The Hall–Kier alpha value is -2.19. The lowest BCUT2D eigenvalue weighted by Gasteiger charge is -2.36. The van der Waals surface area contributed by atoms with E-state index in [-0.39, 0.29) is 23.2 Å². The second-order valence-electron chi connectivity index (χ2n) is 6.70. The van der Waals surface area contributed by atoms with Gasteiger partial charge in [0.25, 0.3) is 5.91 Å². The maximum atomic E-state index is 12.6. The number of carbonyl (C=O) groups excluding carboxylic acids is 1. The molecule has 0 aliphatic carbocycles. The summed E-state index contributed by atoms with van der Waals surface area (Å²) in [4.78, 5) is 17.7. The van der Waals surface area contributed by atoms with E-state index in [2.05, 4.69) is 4.98 Å². The molecule has 1 aliphatic rings. The number of aromatic nitrogens is 1. The summed E-state index contributed by atoms with van der Waals surface area (Å²) in [5.41, 5.74) is 1.34. The molecule has 0 spiro atoms. The summed E-state index contributed by atoms with van der Waals surface area (Å²) in [6.45, 7) is 4.01. The Kier molecular flexibility index (Phi) is 5.15. The SMILES string of the molecule is CC1CC[C@H](C)N(Cc2ccc(C(=O)N(C)c3ncco3)cc2)S1(=O)=O. The van der Waals surface area contributed by atoms with Crippen LogP contribution in [0, 0.1) is 0 Å². The molecule has 1 saturated heterocycles. The monoisotopic (exact) mass is 377 g/mol. The quantitative estimate of drug-likeness (QED) is 0.818. The number of nitrogens with zero attached hydrogens (tertiary/aromatic N) is 3. The Morgan fingerprint density at radius 3 is 2.58 bits per heavy atom. The summed E-state index contributed by atoms with van der Waals surface area (Å²) in [6, 6.07) is 7.18. The smallest absolute Gasteiger partial charge is 0.303 e. The number of oxazole rings is 1. The second-order valence-corrected chi connectivity index (χ2v) is 9.01. The Balaban J connectivity index is 1.74. The number of anilines is 1. The molecule has 7 nitrogen and oxygen atoms in total. The molecule has 26 heavy (non-hydrogen) atoms. The molecule has 2 heterocycles. The molecule has 1 fully saturated rings. The predicted molar refractivity (Wildman–Crippen MR) is 98.3 cm³/mol. The van der Waals surface area contributed by atoms with Gasteiger partial charge in [0.15, 0.2) is 0 Å². The van der Waals surface area contributed by atoms with Gasteiger partial charge in [0.1, 0.15) is 6.26 Å². The first kappa shape index (κ1) is 18.6. The van der Waals surface area contributed by atoms with E-state index in [9.17, 15) is 13.2 Å². The van der Waals surface area contributed by atoms with Gasteiger partial charge in [0.2, 0.25) is 10.0 Å². The van der Waals surface area contributed by atoms with Gasteiger partial charge in [-0.3, -0.25) is 9.69 Å². The van der Waals surface area contributed by atoms with Crippen LogP contribution in [0.25, 0.3) is 0 Å². The van der Waals surface area contributed by atoms with Crippen molar-refractivity contribution in [3.63, 3.8) is 0 Å². The number of hydrogen-bond donors (Lipinski definition) is 0. The largest absolute Gasteiger partial charge is 0.432 e. The first-order valence-corrected chi connectivity index (χ1v) is 10.1. The third-order valence-electron chi connectivity index (χ3n) is 4.87. The molecule has 0 N–H and O–H groups in total. The van der Waals surface area contributed by atoms with Gasteiger partial charge in [0, 0.05) is 25.2 Å². The van der Waals surface area contributed by atoms with Crippen molar-refractivity contribution in [3.05, 3.63) is 47.9 Å². The van der Waals surface area contributed by atoms with Crippen LogP contribution in [-0.2, 0) is 16.6 Å². The standard InChI is InChI=1S/C18H23N3O4S/c1-13-4-5-14(2)26(23,24)21(13)12-15-6-8-16(9-7-15)17(22)20(3)18-19-10-11-25-18/h6-11,13-14H,4-5,12H2,1-3H3/t13-,14?/m0/s1. The van der Waals surface area contributed by atoms with E-state index >= 15 is 0 Å². The van der Waals surface area contributed by atoms with E-state index in [0.29, 0.717) is 18.5 Å². The van der Waals surface area contributed by atoms with E-state index in [1.807, 2.05) is 6.92 Å².